The van der Waals surface area contributed by atoms with E-state index in [-0.39, 0.29) is 0 Å². The molecule has 66 valence electrons. The summed E-state index contributed by atoms with van der Waals surface area (Å²) in [6, 6.07) is 0. The van der Waals surface area contributed by atoms with Crippen LogP contribution in [0.4, 0.5) is 0 Å². The Morgan fingerprint density at radius 1 is 1.54 bits per heavy atom. The van der Waals surface area contributed by atoms with Crippen LogP contribution in [-0.4, -0.2) is 24.9 Å². The average molecular weight is 176 g/mol. The maximum absolute atomic E-state index is 9.24. The van der Waals surface area contributed by atoms with Crippen LogP contribution < -0.4 is 0 Å². The van der Waals surface area contributed by atoms with E-state index in [2.05, 4.69) is 21.5 Å². The maximum Gasteiger partial charge on any atom is 0.199 e. The lowest BCUT2D eigenvalue weighted by Crippen LogP contribution is -1.96. The first-order valence-corrected chi connectivity index (χ1v) is 3.80. The molecule has 0 aliphatic heterocycles. The number of nitrogens with zero attached hydrogens (tertiary/aromatic N) is 4. The third-order valence-electron chi connectivity index (χ3n) is 1.65. The van der Waals surface area contributed by atoms with Gasteiger partial charge in [-0.1, -0.05) is 6.08 Å². The van der Waals surface area contributed by atoms with E-state index in [1.165, 1.54) is 6.33 Å². The number of hydrogen-bond donors (Lipinski definition) is 1. The monoisotopic (exact) mass is 176 g/mol. The molecule has 2 aromatic heterocycles. The molecule has 0 fully saturated rings. The van der Waals surface area contributed by atoms with Gasteiger partial charge < -0.3 is 5.21 Å². The second kappa shape index (κ2) is 2.85. The number of aromatic nitrogens is 4. The van der Waals surface area contributed by atoms with Gasteiger partial charge in [-0.15, -0.1) is 6.58 Å². The summed E-state index contributed by atoms with van der Waals surface area (Å²) in [7, 11) is 0. The first-order valence-electron chi connectivity index (χ1n) is 3.80. The lowest BCUT2D eigenvalue weighted by atomic mass is 10.4. The lowest BCUT2D eigenvalue weighted by Gasteiger charge is -1.95. The molecule has 5 nitrogen and oxygen atoms in total. The molecule has 0 amide bonds. The highest BCUT2D eigenvalue weighted by Gasteiger charge is 2.03. The SMILES string of the molecule is C=CCc1ncc2ncn(O)c2n1. The molecule has 2 aromatic rings. The molecular weight excluding hydrogens is 168 g/mol. The molecule has 2 rings (SSSR count). The van der Waals surface area contributed by atoms with Crippen molar-refractivity contribution in [3.8, 4) is 0 Å². The van der Waals surface area contributed by atoms with Crippen LogP contribution >= 0.6 is 0 Å². The summed E-state index contributed by atoms with van der Waals surface area (Å²) in [5.74, 6) is 0.623. The van der Waals surface area contributed by atoms with Crippen molar-refractivity contribution < 1.29 is 5.21 Å². The highest BCUT2D eigenvalue weighted by atomic mass is 16.5. The molecule has 0 spiro atoms. The van der Waals surface area contributed by atoms with Gasteiger partial charge in [0.2, 0.25) is 0 Å². The molecule has 0 saturated carbocycles. The van der Waals surface area contributed by atoms with Crippen molar-refractivity contribution in [3.05, 3.63) is 31.0 Å². The normalized spacial score (nSPS) is 10.5. The Labute approximate surface area is 74.3 Å². The molecular formula is C8H8N4O. The number of hydrogen-bond acceptors (Lipinski definition) is 4. The van der Waals surface area contributed by atoms with E-state index in [1.54, 1.807) is 12.3 Å². The summed E-state index contributed by atoms with van der Waals surface area (Å²) in [6.45, 7) is 3.58. The summed E-state index contributed by atoms with van der Waals surface area (Å²) in [6.07, 6.45) is 5.16. The molecule has 0 atom stereocenters. The van der Waals surface area contributed by atoms with Gasteiger partial charge in [-0.3, -0.25) is 0 Å². The Balaban J connectivity index is 2.58. The minimum atomic E-state index is 0.423. The predicted octanol–water partition coefficient (Wildman–Crippen LogP) is 0.792. The van der Waals surface area contributed by atoms with Crippen molar-refractivity contribution in [1.29, 1.82) is 0 Å². The molecule has 2 heterocycles. The van der Waals surface area contributed by atoms with E-state index in [0.717, 1.165) is 4.73 Å². The van der Waals surface area contributed by atoms with Gasteiger partial charge in [-0.05, 0) is 0 Å². The fraction of sp³-hybridized carbons (Fsp3) is 0.125. The highest BCUT2D eigenvalue weighted by molar-refractivity contribution is 5.68. The van der Waals surface area contributed by atoms with Gasteiger partial charge in [0.15, 0.2) is 5.65 Å². The highest BCUT2D eigenvalue weighted by Crippen LogP contribution is 2.06. The average Bonchev–Trinajstić information content (AvgIpc) is 2.49. The molecule has 0 saturated heterocycles. The van der Waals surface area contributed by atoms with Crippen LogP contribution in [0.15, 0.2) is 25.2 Å². The van der Waals surface area contributed by atoms with Gasteiger partial charge in [0.1, 0.15) is 17.7 Å². The molecule has 0 bridgehead atoms. The largest absolute Gasteiger partial charge is 0.425 e. The van der Waals surface area contributed by atoms with Crippen molar-refractivity contribution in [2.75, 3.05) is 0 Å². The van der Waals surface area contributed by atoms with Crippen LogP contribution in [0.5, 0.6) is 0 Å². The Bertz CT molecular complexity index is 448. The predicted molar refractivity (Wildman–Crippen MR) is 46.4 cm³/mol. The minimum Gasteiger partial charge on any atom is -0.425 e. The third-order valence-corrected chi connectivity index (χ3v) is 1.65. The van der Waals surface area contributed by atoms with Gasteiger partial charge >= 0.3 is 0 Å². The Hall–Kier alpha value is -1.91. The second-order valence-electron chi connectivity index (χ2n) is 2.58. The zero-order valence-corrected chi connectivity index (χ0v) is 6.88. The minimum absolute atomic E-state index is 0.423. The molecule has 13 heavy (non-hydrogen) atoms. The van der Waals surface area contributed by atoms with Crippen molar-refractivity contribution in [2.24, 2.45) is 0 Å². The standard InChI is InChI=1S/C8H8N4O/c1-2-3-7-9-4-6-8(11-7)12(13)5-10-6/h2,4-5,13H,1,3H2. The maximum atomic E-state index is 9.24. The van der Waals surface area contributed by atoms with Crippen molar-refractivity contribution in [2.45, 2.75) is 6.42 Å². The molecule has 5 heteroatoms. The molecule has 0 aromatic carbocycles. The van der Waals surface area contributed by atoms with Crippen LogP contribution in [0.3, 0.4) is 0 Å². The van der Waals surface area contributed by atoms with E-state index < -0.39 is 0 Å². The van der Waals surface area contributed by atoms with Crippen LogP contribution in [0, 0.1) is 0 Å². The van der Waals surface area contributed by atoms with Gasteiger partial charge in [0, 0.05) is 6.42 Å². The summed E-state index contributed by atoms with van der Waals surface area (Å²) < 4.78 is 0.879. The lowest BCUT2D eigenvalue weighted by molar-refractivity contribution is 0.196. The van der Waals surface area contributed by atoms with Crippen LogP contribution in [0.1, 0.15) is 5.82 Å². The van der Waals surface area contributed by atoms with E-state index in [4.69, 9.17) is 0 Å². The first-order chi connectivity index (χ1) is 6.31. The zero-order valence-electron chi connectivity index (χ0n) is 6.88. The summed E-state index contributed by atoms with van der Waals surface area (Å²) in [5, 5.41) is 9.24. The number of fused-ring (bicyclic) bond motifs is 1. The van der Waals surface area contributed by atoms with E-state index >= 15 is 0 Å². The van der Waals surface area contributed by atoms with E-state index in [9.17, 15) is 5.21 Å². The fourth-order valence-electron chi connectivity index (χ4n) is 1.06. The number of allylic oxidation sites excluding steroid dienone is 1. The second-order valence-corrected chi connectivity index (χ2v) is 2.58. The van der Waals surface area contributed by atoms with Gasteiger partial charge in [0.05, 0.1) is 6.20 Å². The summed E-state index contributed by atoms with van der Waals surface area (Å²) in [5.41, 5.74) is 1.00. The molecule has 0 aliphatic carbocycles. The number of rotatable bonds is 2. The molecule has 1 N–H and O–H groups in total. The molecule has 0 unspecified atom stereocenters. The van der Waals surface area contributed by atoms with Crippen LogP contribution in [0.25, 0.3) is 11.2 Å². The molecule has 0 radical (unpaired) electrons. The van der Waals surface area contributed by atoms with Crippen molar-refractivity contribution in [1.82, 2.24) is 19.7 Å². The van der Waals surface area contributed by atoms with E-state index in [1.807, 2.05) is 0 Å². The smallest absolute Gasteiger partial charge is 0.199 e. The van der Waals surface area contributed by atoms with E-state index in [0.29, 0.717) is 23.4 Å². The van der Waals surface area contributed by atoms with Crippen molar-refractivity contribution in [3.63, 3.8) is 0 Å². The third kappa shape index (κ3) is 1.24. The number of imidazole rings is 1. The summed E-state index contributed by atoms with van der Waals surface area (Å²) >= 11 is 0. The Kier molecular flexibility index (Phi) is 1.70. The van der Waals surface area contributed by atoms with Crippen LogP contribution in [0.2, 0.25) is 0 Å². The van der Waals surface area contributed by atoms with Gasteiger partial charge in [-0.2, -0.15) is 4.73 Å². The van der Waals surface area contributed by atoms with Gasteiger partial charge in [0.25, 0.3) is 0 Å². The fourth-order valence-corrected chi connectivity index (χ4v) is 1.06. The summed E-state index contributed by atoms with van der Waals surface area (Å²) in [4.78, 5) is 12.0. The Morgan fingerprint density at radius 3 is 3.15 bits per heavy atom. The zero-order chi connectivity index (χ0) is 9.26. The Morgan fingerprint density at radius 2 is 2.38 bits per heavy atom. The van der Waals surface area contributed by atoms with Crippen molar-refractivity contribution >= 4 is 11.2 Å². The van der Waals surface area contributed by atoms with Gasteiger partial charge in [-0.25, -0.2) is 15.0 Å². The first kappa shape index (κ1) is 7.72. The topological polar surface area (TPSA) is 63.8 Å². The molecule has 0 aliphatic rings. The quantitative estimate of drug-likeness (QED) is 0.542. The van der Waals surface area contributed by atoms with Crippen LogP contribution in [-0.2, 0) is 6.42 Å².